The zero-order chi connectivity index (χ0) is 26.2. The average Bonchev–Trinajstić information content (AvgIpc) is 3.34. The van der Waals surface area contributed by atoms with Crippen LogP contribution in [0.2, 0.25) is 0 Å². The van der Waals surface area contributed by atoms with E-state index in [9.17, 15) is 14.4 Å². The number of carbonyl (C=O) groups is 3. The molecule has 2 aromatic carbocycles. The molecule has 7 nitrogen and oxygen atoms in total. The Morgan fingerprint density at radius 3 is 2.32 bits per heavy atom. The normalized spacial score (nSPS) is 14.0. The van der Waals surface area contributed by atoms with Gasteiger partial charge in [0.15, 0.2) is 5.13 Å². The lowest BCUT2D eigenvalue weighted by Crippen LogP contribution is -2.42. The number of thiazole rings is 1. The van der Waals surface area contributed by atoms with Crippen LogP contribution in [-0.4, -0.2) is 58.2 Å². The molecule has 0 saturated carbocycles. The van der Waals surface area contributed by atoms with Crippen molar-refractivity contribution >= 4 is 34.2 Å². The van der Waals surface area contributed by atoms with Crippen LogP contribution >= 0.6 is 11.3 Å². The van der Waals surface area contributed by atoms with Crippen molar-refractivity contribution in [2.75, 3.05) is 25.0 Å². The molecule has 3 aromatic rings. The average molecular weight is 519 g/mol. The van der Waals surface area contributed by atoms with Crippen LogP contribution in [-0.2, 0) is 22.4 Å². The van der Waals surface area contributed by atoms with Crippen molar-refractivity contribution in [2.45, 2.75) is 45.6 Å². The van der Waals surface area contributed by atoms with Gasteiger partial charge in [0, 0.05) is 30.1 Å². The van der Waals surface area contributed by atoms with Gasteiger partial charge in [-0.2, -0.15) is 0 Å². The topological polar surface area (TPSA) is 82.6 Å². The molecule has 0 bridgehead atoms. The van der Waals surface area contributed by atoms with Gasteiger partial charge in [-0.3, -0.25) is 14.4 Å². The molecular weight excluding hydrogens is 484 g/mol. The summed E-state index contributed by atoms with van der Waals surface area (Å²) in [5.41, 5.74) is 2.55. The van der Waals surface area contributed by atoms with Crippen molar-refractivity contribution in [1.82, 2.24) is 14.8 Å². The minimum Gasteiger partial charge on any atom is -0.342 e. The van der Waals surface area contributed by atoms with Crippen LogP contribution in [0.3, 0.4) is 0 Å². The number of nitrogens with zero attached hydrogens (tertiary/aromatic N) is 3. The van der Waals surface area contributed by atoms with Crippen molar-refractivity contribution in [3.8, 4) is 0 Å². The first-order valence-corrected chi connectivity index (χ1v) is 13.7. The second kappa shape index (κ2) is 12.6. The molecular formula is C29H34N4O3S. The fourth-order valence-corrected chi connectivity index (χ4v) is 5.32. The number of carbonyl (C=O) groups excluding carboxylic acids is 3. The molecule has 8 heteroatoms. The fraction of sp³-hybridized carbons (Fsp3) is 0.379. The lowest BCUT2D eigenvalue weighted by atomic mass is 9.90. The Morgan fingerprint density at radius 1 is 1.03 bits per heavy atom. The third kappa shape index (κ3) is 7.49. The standard InChI is InChI=1S/C29H34N4O3S/c1-21(2)33(28(36)24-11-7-4-8-12-24)19-26(34)31-29-30-25(20-37-29)18-27(35)32-15-13-23(14-16-32)17-22-9-5-3-6-10-22/h3-12,20-21,23H,13-19H2,1-2H3,(H,30,31,34). The monoisotopic (exact) mass is 518 g/mol. The first-order valence-electron chi connectivity index (χ1n) is 12.8. The summed E-state index contributed by atoms with van der Waals surface area (Å²) in [6, 6.07) is 19.3. The van der Waals surface area contributed by atoms with Gasteiger partial charge in [-0.1, -0.05) is 48.5 Å². The highest BCUT2D eigenvalue weighted by molar-refractivity contribution is 7.13. The highest BCUT2D eigenvalue weighted by Gasteiger charge is 2.24. The number of aromatic nitrogens is 1. The van der Waals surface area contributed by atoms with Crippen molar-refractivity contribution in [3.63, 3.8) is 0 Å². The summed E-state index contributed by atoms with van der Waals surface area (Å²) in [4.78, 5) is 46.3. The van der Waals surface area contributed by atoms with Gasteiger partial charge >= 0.3 is 0 Å². The maximum Gasteiger partial charge on any atom is 0.254 e. The van der Waals surface area contributed by atoms with Crippen molar-refractivity contribution < 1.29 is 14.4 Å². The van der Waals surface area contributed by atoms with Gasteiger partial charge in [0.05, 0.1) is 12.1 Å². The van der Waals surface area contributed by atoms with E-state index >= 15 is 0 Å². The third-order valence-electron chi connectivity index (χ3n) is 6.68. The molecule has 0 spiro atoms. The molecule has 1 saturated heterocycles. The van der Waals surface area contributed by atoms with Crippen LogP contribution < -0.4 is 5.32 Å². The highest BCUT2D eigenvalue weighted by Crippen LogP contribution is 2.23. The van der Waals surface area contributed by atoms with Crippen molar-refractivity contribution in [2.24, 2.45) is 5.92 Å². The van der Waals surface area contributed by atoms with E-state index in [1.165, 1.54) is 21.8 Å². The first-order chi connectivity index (χ1) is 17.9. The molecule has 37 heavy (non-hydrogen) atoms. The maximum absolute atomic E-state index is 12.9. The van der Waals surface area contributed by atoms with Crippen LogP contribution in [0.1, 0.15) is 48.3 Å². The van der Waals surface area contributed by atoms with E-state index in [2.05, 4.69) is 34.6 Å². The number of anilines is 1. The summed E-state index contributed by atoms with van der Waals surface area (Å²) >= 11 is 1.29. The summed E-state index contributed by atoms with van der Waals surface area (Å²) in [5.74, 6) is 0.168. The van der Waals surface area contributed by atoms with Gasteiger partial charge in [0.1, 0.15) is 6.54 Å². The van der Waals surface area contributed by atoms with E-state index in [-0.39, 0.29) is 36.7 Å². The van der Waals surface area contributed by atoms with Crippen LogP contribution in [0, 0.1) is 5.92 Å². The van der Waals surface area contributed by atoms with Gasteiger partial charge in [0.2, 0.25) is 11.8 Å². The SMILES string of the molecule is CC(C)N(CC(=O)Nc1nc(CC(=O)N2CCC(Cc3ccccc3)CC2)cs1)C(=O)c1ccccc1. The first kappa shape index (κ1) is 26.5. The predicted octanol–water partition coefficient (Wildman–Crippen LogP) is 4.66. The van der Waals surface area contributed by atoms with Gasteiger partial charge in [0.25, 0.3) is 5.91 Å². The van der Waals surface area contributed by atoms with Crippen LogP contribution in [0.4, 0.5) is 5.13 Å². The van der Waals surface area contributed by atoms with Crippen LogP contribution in [0.15, 0.2) is 66.0 Å². The van der Waals surface area contributed by atoms with E-state index in [1.54, 1.807) is 24.3 Å². The second-order valence-corrected chi connectivity index (χ2v) is 10.6. The Hall–Kier alpha value is -3.52. The zero-order valence-electron chi connectivity index (χ0n) is 21.4. The molecule has 1 N–H and O–H groups in total. The van der Waals surface area contributed by atoms with Gasteiger partial charge in [-0.05, 0) is 56.7 Å². The third-order valence-corrected chi connectivity index (χ3v) is 7.49. The number of hydrogen-bond donors (Lipinski definition) is 1. The summed E-state index contributed by atoms with van der Waals surface area (Å²) < 4.78 is 0. The second-order valence-electron chi connectivity index (χ2n) is 9.78. The van der Waals surface area contributed by atoms with Crippen LogP contribution in [0.5, 0.6) is 0 Å². The Labute approximate surface area is 222 Å². The number of rotatable bonds is 9. The number of piperidine rings is 1. The zero-order valence-corrected chi connectivity index (χ0v) is 22.2. The van der Waals surface area contributed by atoms with Gasteiger partial charge in [-0.15, -0.1) is 11.3 Å². The number of likely N-dealkylation sites (tertiary alicyclic amines) is 1. The van der Waals surface area contributed by atoms with Crippen LogP contribution in [0.25, 0.3) is 0 Å². The van der Waals surface area contributed by atoms with Crippen molar-refractivity contribution in [3.05, 3.63) is 82.9 Å². The van der Waals surface area contributed by atoms with E-state index in [4.69, 9.17) is 0 Å². The van der Waals surface area contributed by atoms with Crippen molar-refractivity contribution in [1.29, 1.82) is 0 Å². The molecule has 0 unspecified atom stereocenters. The Balaban J connectivity index is 1.25. The summed E-state index contributed by atoms with van der Waals surface area (Å²) in [7, 11) is 0. The summed E-state index contributed by atoms with van der Waals surface area (Å²) in [6.45, 7) is 5.23. The molecule has 194 valence electrons. The predicted molar refractivity (Wildman–Crippen MR) is 147 cm³/mol. The lowest BCUT2D eigenvalue weighted by molar-refractivity contribution is -0.131. The number of nitrogens with one attached hydrogen (secondary N) is 1. The fourth-order valence-electron chi connectivity index (χ4n) is 4.60. The summed E-state index contributed by atoms with van der Waals surface area (Å²) in [6.07, 6.45) is 3.30. The minimum absolute atomic E-state index is 0.0702. The van der Waals surface area contributed by atoms with E-state index in [0.29, 0.717) is 22.3 Å². The molecule has 1 aliphatic rings. The molecule has 1 aliphatic heterocycles. The smallest absolute Gasteiger partial charge is 0.254 e. The molecule has 1 fully saturated rings. The van der Waals surface area contributed by atoms with E-state index in [0.717, 1.165) is 32.4 Å². The summed E-state index contributed by atoms with van der Waals surface area (Å²) in [5, 5.41) is 5.03. The largest absolute Gasteiger partial charge is 0.342 e. The molecule has 0 atom stereocenters. The van der Waals surface area contributed by atoms with E-state index < -0.39 is 0 Å². The molecule has 0 radical (unpaired) electrons. The quantitative estimate of drug-likeness (QED) is 0.447. The highest BCUT2D eigenvalue weighted by atomic mass is 32.1. The number of benzene rings is 2. The van der Waals surface area contributed by atoms with Gasteiger partial charge in [-0.25, -0.2) is 4.98 Å². The maximum atomic E-state index is 12.9. The van der Waals surface area contributed by atoms with Gasteiger partial charge < -0.3 is 15.1 Å². The Kier molecular flexibility index (Phi) is 9.06. The molecule has 2 heterocycles. The minimum atomic E-state index is -0.314. The Bertz CT molecular complexity index is 1190. The Morgan fingerprint density at radius 2 is 1.68 bits per heavy atom. The van der Waals surface area contributed by atoms with E-state index in [1.807, 2.05) is 36.3 Å². The number of amides is 3. The number of hydrogen-bond acceptors (Lipinski definition) is 5. The molecule has 4 rings (SSSR count). The molecule has 3 amide bonds. The molecule has 0 aliphatic carbocycles. The molecule has 1 aromatic heterocycles. The lowest BCUT2D eigenvalue weighted by Gasteiger charge is -2.32.